The monoisotopic (exact) mass is 306 g/mol. The summed E-state index contributed by atoms with van der Waals surface area (Å²) in [7, 11) is 0. The third-order valence-electron chi connectivity index (χ3n) is 4.21. The lowest BCUT2D eigenvalue weighted by molar-refractivity contribution is -0.122. The van der Waals surface area contributed by atoms with Crippen LogP contribution >= 0.6 is 0 Å². The van der Waals surface area contributed by atoms with Crippen molar-refractivity contribution in [3.63, 3.8) is 0 Å². The number of primary amides is 1. The van der Waals surface area contributed by atoms with E-state index in [1.165, 1.54) is 6.33 Å². The van der Waals surface area contributed by atoms with Crippen LogP contribution in [-0.2, 0) is 4.79 Å². The molecule has 0 aliphatic carbocycles. The van der Waals surface area contributed by atoms with Crippen LogP contribution in [0.4, 0.5) is 14.6 Å². The van der Waals surface area contributed by atoms with E-state index in [-0.39, 0.29) is 17.9 Å². The number of anilines is 1. The van der Waals surface area contributed by atoms with Crippen LogP contribution in [0.5, 0.6) is 0 Å². The molecular weight excluding hydrogens is 290 g/mol. The normalized spacial score (nSPS) is 22.0. The molecule has 0 unspecified atom stereocenters. The predicted molar refractivity (Wildman–Crippen MR) is 78.2 cm³/mol. The first-order chi connectivity index (χ1) is 10.5. The van der Waals surface area contributed by atoms with Gasteiger partial charge in [-0.3, -0.25) is 4.79 Å². The van der Waals surface area contributed by atoms with Gasteiger partial charge in [-0.05, 0) is 25.8 Å². The fourth-order valence-electron chi connectivity index (χ4n) is 2.90. The predicted octanol–water partition coefficient (Wildman–Crippen LogP) is 2.00. The van der Waals surface area contributed by atoms with Crippen molar-refractivity contribution in [2.24, 2.45) is 11.7 Å². The Labute approximate surface area is 126 Å². The van der Waals surface area contributed by atoms with Gasteiger partial charge in [-0.1, -0.05) is 0 Å². The quantitative estimate of drug-likeness (QED) is 0.921. The highest BCUT2D eigenvalue weighted by Gasteiger charge is 2.30. The van der Waals surface area contributed by atoms with Gasteiger partial charge < -0.3 is 10.6 Å². The standard InChI is InChI=1S/C15H16F2N4O/c1-8-2-3-9(14(18)22)6-21(8)15-10-4-11(16)12(17)5-13(10)19-7-20-15/h4-5,7-9H,2-3,6H2,1H3,(H2,18,22)/t8-,9+/m0/s1. The molecule has 0 radical (unpaired) electrons. The molecule has 0 saturated carbocycles. The number of halogens is 2. The molecule has 22 heavy (non-hydrogen) atoms. The number of piperidine rings is 1. The second-order valence-electron chi connectivity index (χ2n) is 5.66. The van der Waals surface area contributed by atoms with E-state index in [2.05, 4.69) is 9.97 Å². The van der Waals surface area contributed by atoms with Gasteiger partial charge in [0.05, 0.1) is 11.4 Å². The lowest BCUT2D eigenvalue weighted by Crippen LogP contribution is -2.46. The fraction of sp³-hybridized carbons (Fsp3) is 0.400. The molecule has 1 saturated heterocycles. The van der Waals surface area contributed by atoms with Crippen LogP contribution in [0.25, 0.3) is 10.9 Å². The van der Waals surface area contributed by atoms with Crippen LogP contribution < -0.4 is 10.6 Å². The molecule has 1 aromatic heterocycles. The van der Waals surface area contributed by atoms with Crippen LogP contribution in [0.1, 0.15) is 19.8 Å². The summed E-state index contributed by atoms with van der Waals surface area (Å²) in [6, 6.07) is 2.28. The largest absolute Gasteiger partial charge is 0.369 e. The zero-order chi connectivity index (χ0) is 15.9. The molecule has 2 N–H and O–H groups in total. The Bertz CT molecular complexity index is 737. The third kappa shape index (κ3) is 2.47. The first-order valence-electron chi connectivity index (χ1n) is 7.13. The number of rotatable bonds is 2. The molecule has 1 aliphatic heterocycles. The number of carbonyl (C=O) groups is 1. The minimum atomic E-state index is -0.946. The number of amides is 1. The average Bonchev–Trinajstić information content (AvgIpc) is 2.48. The van der Waals surface area contributed by atoms with Gasteiger partial charge in [0.2, 0.25) is 5.91 Å². The van der Waals surface area contributed by atoms with Gasteiger partial charge in [0.25, 0.3) is 0 Å². The van der Waals surface area contributed by atoms with Crippen LogP contribution in [0.15, 0.2) is 18.5 Å². The minimum absolute atomic E-state index is 0.127. The molecule has 0 bridgehead atoms. The SMILES string of the molecule is C[C@H]1CC[C@@H](C(N)=O)CN1c1ncnc2cc(F)c(F)cc12. The average molecular weight is 306 g/mol. The maximum absolute atomic E-state index is 13.6. The molecule has 2 atom stereocenters. The minimum Gasteiger partial charge on any atom is -0.369 e. The van der Waals surface area contributed by atoms with Crippen molar-refractivity contribution in [2.75, 3.05) is 11.4 Å². The molecule has 7 heteroatoms. The van der Waals surface area contributed by atoms with Gasteiger partial charge in [-0.15, -0.1) is 0 Å². The topological polar surface area (TPSA) is 72.1 Å². The number of aromatic nitrogens is 2. The molecular formula is C15H16F2N4O. The highest BCUT2D eigenvalue weighted by molar-refractivity contribution is 5.90. The van der Waals surface area contributed by atoms with E-state index in [9.17, 15) is 13.6 Å². The molecule has 0 spiro atoms. The maximum Gasteiger partial charge on any atom is 0.222 e. The van der Waals surface area contributed by atoms with Crippen LogP contribution in [0.3, 0.4) is 0 Å². The number of nitrogens with zero attached hydrogens (tertiary/aromatic N) is 3. The summed E-state index contributed by atoms with van der Waals surface area (Å²) in [5.41, 5.74) is 5.73. The summed E-state index contributed by atoms with van der Waals surface area (Å²) in [4.78, 5) is 21.6. The molecule has 1 amide bonds. The van der Waals surface area contributed by atoms with E-state index in [1.807, 2.05) is 11.8 Å². The zero-order valence-electron chi connectivity index (χ0n) is 12.1. The highest BCUT2D eigenvalue weighted by Crippen LogP contribution is 2.31. The lowest BCUT2D eigenvalue weighted by atomic mass is 9.92. The van der Waals surface area contributed by atoms with Crippen molar-refractivity contribution in [2.45, 2.75) is 25.8 Å². The van der Waals surface area contributed by atoms with Gasteiger partial charge in [-0.2, -0.15) is 0 Å². The smallest absolute Gasteiger partial charge is 0.222 e. The Kier molecular flexibility index (Phi) is 3.64. The number of benzene rings is 1. The molecule has 116 valence electrons. The van der Waals surface area contributed by atoms with Crippen LogP contribution in [0, 0.1) is 17.6 Å². The molecule has 1 aliphatic rings. The fourth-order valence-corrected chi connectivity index (χ4v) is 2.90. The van der Waals surface area contributed by atoms with E-state index in [0.717, 1.165) is 25.0 Å². The zero-order valence-corrected chi connectivity index (χ0v) is 12.1. The second-order valence-corrected chi connectivity index (χ2v) is 5.66. The van der Waals surface area contributed by atoms with Crippen molar-refractivity contribution < 1.29 is 13.6 Å². The van der Waals surface area contributed by atoms with E-state index >= 15 is 0 Å². The Morgan fingerprint density at radius 3 is 2.73 bits per heavy atom. The first kappa shape index (κ1) is 14.6. The summed E-state index contributed by atoms with van der Waals surface area (Å²) < 4.78 is 26.9. The maximum atomic E-state index is 13.6. The number of hydrogen-bond acceptors (Lipinski definition) is 4. The van der Waals surface area contributed by atoms with E-state index in [0.29, 0.717) is 23.3 Å². The molecule has 1 fully saturated rings. The van der Waals surface area contributed by atoms with Crippen molar-refractivity contribution in [1.82, 2.24) is 9.97 Å². The van der Waals surface area contributed by atoms with Gasteiger partial charge in [0.15, 0.2) is 11.6 Å². The number of nitrogens with two attached hydrogens (primary N) is 1. The third-order valence-corrected chi connectivity index (χ3v) is 4.21. The van der Waals surface area contributed by atoms with Gasteiger partial charge in [-0.25, -0.2) is 18.7 Å². The first-order valence-corrected chi connectivity index (χ1v) is 7.13. The number of hydrogen-bond donors (Lipinski definition) is 1. The van der Waals surface area contributed by atoms with Gasteiger partial charge in [0.1, 0.15) is 12.1 Å². The van der Waals surface area contributed by atoms with Crippen LogP contribution in [-0.4, -0.2) is 28.5 Å². The van der Waals surface area contributed by atoms with Gasteiger partial charge >= 0.3 is 0 Å². The molecule has 1 aromatic carbocycles. The molecule has 2 aromatic rings. The Morgan fingerprint density at radius 2 is 2.00 bits per heavy atom. The van der Waals surface area contributed by atoms with E-state index in [4.69, 9.17) is 5.73 Å². The van der Waals surface area contributed by atoms with Crippen molar-refractivity contribution >= 4 is 22.6 Å². The van der Waals surface area contributed by atoms with Crippen LogP contribution in [0.2, 0.25) is 0 Å². The molecule has 5 nitrogen and oxygen atoms in total. The summed E-state index contributed by atoms with van der Waals surface area (Å²) in [6.07, 6.45) is 2.82. The van der Waals surface area contributed by atoms with E-state index < -0.39 is 11.6 Å². The van der Waals surface area contributed by atoms with Crippen molar-refractivity contribution in [3.05, 3.63) is 30.1 Å². The Balaban J connectivity index is 2.08. The summed E-state index contributed by atoms with van der Waals surface area (Å²) in [5.74, 6) is -2.01. The second kappa shape index (κ2) is 5.47. The summed E-state index contributed by atoms with van der Waals surface area (Å²) >= 11 is 0. The van der Waals surface area contributed by atoms with Gasteiger partial charge in [0, 0.05) is 24.0 Å². The van der Waals surface area contributed by atoms with E-state index in [1.54, 1.807) is 0 Å². The summed E-state index contributed by atoms with van der Waals surface area (Å²) in [6.45, 7) is 2.42. The van der Waals surface area contributed by atoms with Crippen molar-refractivity contribution in [1.29, 1.82) is 0 Å². The molecule has 2 heterocycles. The molecule has 3 rings (SSSR count). The Hall–Kier alpha value is -2.31. The lowest BCUT2D eigenvalue weighted by Gasteiger charge is -2.38. The van der Waals surface area contributed by atoms with Crippen molar-refractivity contribution in [3.8, 4) is 0 Å². The number of fused-ring (bicyclic) bond motifs is 1. The Morgan fingerprint density at radius 1 is 1.27 bits per heavy atom. The highest BCUT2D eigenvalue weighted by atomic mass is 19.2. The summed E-state index contributed by atoms with van der Waals surface area (Å²) in [5, 5.41) is 0.429. The number of carbonyl (C=O) groups excluding carboxylic acids is 1.